The minimum absolute atomic E-state index is 0.000965. The number of hydrogen-bond donors (Lipinski definition) is 0. The highest BCUT2D eigenvalue weighted by molar-refractivity contribution is 5.80. The van der Waals surface area contributed by atoms with Crippen LogP contribution in [-0.2, 0) is 20.7 Å². The Labute approximate surface area is 147 Å². The number of carbonyl (C=O) groups excluding carboxylic acids is 1. The standard InChI is InChI=1S/C19H24FNO4/c1-3-9-24-16-7-6-15-19(16)25-10-8-21(15)18(22)11-13-4-5-14(20)12-17(13)23-2/h3-5,12,15-16,19H,1,6-11H2,2H3/t15-,16+,19+/m1/s1. The molecule has 136 valence electrons. The first-order valence-electron chi connectivity index (χ1n) is 8.60. The minimum Gasteiger partial charge on any atom is -0.496 e. The van der Waals surface area contributed by atoms with Gasteiger partial charge in [-0.2, -0.15) is 0 Å². The van der Waals surface area contributed by atoms with Gasteiger partial charge in [0, 0.05) is 18.2 Å². The van der Waals surface area contributed by atoms with Crippen molar-refractivity contribution >= 4 is 5.91 Å². The van der Waals surface area contributed by atoms with E-state index in [0.717, 1.165) is 12.8 Å². The molecule has 1 saturated carbocycles. The van der Waals surface area contributed by atoms with E-state index < -0.39 is 0 Å². The highest BCUT2D eigenvalue weighted by Gasteiger charge is 2.44. The van der Waals surface area contributed by atoms with Crippen LogP contribution in [0.1, 0.15) is 18.4 Å². The van der Waals surface area contributed by atoms with Crippen LogP contribution in [0.15, 0.2) is 30.9 Å². The van der Waals surface area contributed by atoms with Crippen LogP contribution in [0, 0.1) is 5.82 Å². The molecule has 3 rings (SSSR count). The fourth-order valence-corrected chi connectivity index (χ4v) is 3.72. The summed E-state index contributed by atoms with van der Waals surface area (Å²) in [5, 5.41) is 0. The number of morpholine rings is 1. The summed E-state index contributed by atoms with van der Waals surface area (Å²) in [6, 6.07) is 4.29. The molecular weight excluding hydrogens is 325 g/mol. The third-order valence-corrected chi connectivity index (χ3v) is 4.87. The molecule has 0 N–H and O–H groups in total. The van der Waals surface area contributed by atoms with Crippen molar-refractivity contribution in [1.29, 1.82) is 0 Å². The molecule has 1 saturated heterocycles. The number of benzene rings is 1. The lowest BCUT2D eigenvalue weighted by Gasteiger charge is -2.39. The number of carbonyl (C=O) groups is 1. The predicted molar refractivity (Wildman–Crippen MR) is 91.1 cm³/mol. The van der Waals surface area contributed by atoms with E-state index in [2.05, 4.69) is 6.58 Å². The van der Waals surface area contributed by atoms with Gasteiger partial charge in [-0.3, -0.25) is 4.79 Å². The number of amides is 1. The number of nitrogens with zero attached hydrogens (tertiary/aromatic N) is 1. The molecule has 2 fully saturated rings. The minimum atomic E-state index is -0.377. The number of methoxy groups -OCH3 is 1. The summed E-state index contributed by atoms with van der Waals surface area (Å²) in [6.07, 6.45) is 3.54. The topological polar surface area (TPSA) is 48.0 Å². The van der Waals surface area contributed by atoms with Crippen LogP contribution >= 0.6 is 0 Å². The van der Waals surface area contributed by atoms with E-state index in [0.29, 0.717) is 31.1 Å². The predicted octanol–water partition coefficient (Wildman–Crippen LogP) is 2.34. The van der Waals surface area contributed by atoms with Crippen LogP contribution in [0.25, 0.3) is 0 Å². The van der Waals surface area contributed by atoms with Gasteiger partial charge in [0.05, 0.1) is 38.9 Å². The van der Waals surface area contributed by atoms with Gasteiger partial charge in [-0.1, -0.05) is 12.1 Å². The van der Waals surface area contributed by atoms with Gasteiger partial charge in [0.25, 0.3) is 0 Å². The van der Waals surface area contributed by atoms with Gasteiger partial charge in [0.15, 0.2) is 0 Å². The second-order valence-corrected chi connectivity index (χ2v) is 6.36. The van der Waals surface area contributed by atoms with Crippen molar-refractivity contribution in [2.45, 2.75) is 37.5 Å². The zero-order chi connectivity index (χ0) is 17.8. The summed E-state index contributed by atoms with van der Waals surface area (Å²) >= 11 is 0. The molecule has 0 aromatic heterocycles. The van der Waals surface area contributed by atoms with Crippen molar-refractivity contribution in [2.24, 2.45) is 0 Å². The normalized spacial score (nSPS) is 25.5. The summed E-state index contributed by atoms with van der Waals surface area (Å²) < 4.78 is 30.2. The Bertz CT molecular complexity index is 636. The highest BCUT2D eigenvalue weighted by atomic mass is 19.1. The van der Waals surface area contributed by atoms with E-state index >= 15 is 0 Å². The first-order valence-corrected chi connectivity index (χ1v) is 8.60. The Kier molecular flexibility index (Phi) is 5.71. The lowest BCUT2D eigenvalue weighted by atomic mass is 10.1. The summed E-state index contributed by atoms with van der Waals surface area (Å²) in [6.45, 7) is 5.22. The van der Waals surface area contributed by atoms with Crippen molar-refractivity contribution in [3.05, 3.63) is 42.2 Å². The van der Waals surface area contributed by atoms with Crippen LogP contribution in [-0.4, -0.2) is 55.9 Å². The first kappa shape index (κ1) is 17.9. The largest absolute Gasteiger partial charge is 0.496 e. The lowest BCUT2D eigenvalue weighted by Crippen LogP contribution is -2.54. The molecule has 0 bridgehead atoms. The maximum absolute atomic E-state index is 13.3. The molecule has 1 aromatic rings. The monoisotopic (exact) mass is 349 g/mol. The van der Waals surface area contributed by atoms with Crippen LogP contribution in [0.5, 0.6) is 5.75 Å². The van der Waals surface area contributed by atoms with Gasteiger partial charge in [0.2, 0.25) is 5.91 Å². The first-order chi connectivity index (χ1) is 12.1. The van der Waals surface area contributed by atoms with Gasteiger partial charge in [-0.25, -0.2) is 4.39 Å². The van der Waals surface area contributed by atoms with Gasteiger partial charge in [-0.15, -0.1) is 6.58 Å². The van der Waals surface area contributed by atoms with Crippen molar-refractivity contribution in [3.63, 3.8) is 0 Å². The molecule has 1 aliphatic carbocycles. The van der Waals surface area contributed by atoms with Gasteiger partial charge in [0.1, 0.15) is 17.7 Å². The zero-order valence-electron chi connectivity index (χ0n) is 14.4. The Morgan fingerprint density at radius 1 is 1.48 bits per heavy atom. The second kappa shape index (κ2) is 7.97. The molecule has 1 amide bonds. The maximum Gasteiger partial charge on any atom is 0.227 e. The number of fused-ring (bicyclic) bond motifs is 1. The van der Waals surface area contributed by atoms with Crippen LogP contribution in [0.4, 0.5) is 4.39 Å². The molecule has 1 aliphatic heterocycles. The Morgan fingerprint density at radius 3 is 3.08 bits per heavy atom. The van der Waals surface area contributed by atoms with Crippen molar-refractivity contribution in [3.8, 4) is 5.75 Å². The van der Waals surface area contributed by atoms with E-state index in [1.165, 1.54) is 19.2 Å². The number of rotatable bonds is 6. The molecule has 0 unspecified atom stereocenters. The number of halogens is 1. The molecule has 5 nitrogen and oxygen atoms in total. The molecule has 6 heteroatoms. The fraction of sp³-hybridized carbons (Fsp3) is 0.526. The maximum atomic E-state index is 13.3. The van der Waals surface area contributed by atoms with E-state index in [-0.39, 0.29) is 36.4 Å². The van der Waals surface area contributed by atoms with Crippen LogP contribution in [0.2, 0.25) is 0 Å². The summed E-state index contributed by atoms with van der Waals surface area (Å²) in [5.41, 5.74) is 0.689. The zero-order valence-corrected chi connectivity index (χ0v) is 14.4. The van der Waals surface area contributed by atoms with E-state index in [1.807, 2.05) is 4.90 Å². The van der Waals surface area contributed by atoms with Crippen molar-refractivity contribution in [2.75, 3.05) is 26.9 Å². The molecule has 25 heavy (non-hydrogen) atoms. The van der Waals surface area contributed by atoms with E-state index in [4.69, 9.17) is 14.2 Å². The molecule has 0 spiro atoms. The average Bonchev–Trinajstić information content (AvgIpc) is 3.04. The second-order valence-electron chi connectivity index (χ2n) is 6.36. The van der Waals surface area contributed by atoms with Gasteiger partial charge >= 0.3 is 0 Å². The third kappa shape index (κ3) is 3.85. The van der Waals surface area contributed by atoms with E-state index in [9.17, 15) is 9.18 Å². The Morgan fingerprint density at radius 2 is 2.32 bits per heavy atom. The van der Waals surface area contributed by atoms with Crippen LogP contribution in [0.3, 0.4) is 0 Å². The molecule has 2 aliphatic rings. The summed E-state index contributed by atoms with van der Waals surface area (Å²) in [5.74, 6) is 0.0295. The molecular formula is C19H24FNO4. The molecule has 3 atom stereocenters. The smallest absolute Gasteiger partial charge is 0.227 e. The average molecular weight is 349 g/mol. The molecule has 0 radical (unpaired) electrons. The quantitative estimate of drug-likeness (QED) is 0.740. The summed E-state index contributed by atoms with van der Waals surface area (Å²) in [7, 11) is 1.48. The highest BCUT2D eigenvalue weighted by Crippen LogP contribution is 2.33. The Balaban J connectivity index is 1.69. The SMILES string of the molecule is C=CCO[C@H]1CC[C@@H]2[C@@H]1OCCN2C(=O)Cc1ccc(F)cc1OC. The van der Waals surface area contributed by atoms with E-state index in [1.54, 1.807) is 12.1 Å². The third-order valence-electron chi connectivity index (χ3n) is 4.87. The summed E-state index contributed by atoms with van der Waals surface area (Å²) in [4.78, 5) is 14.7. The van der Waals surface area contributed by atoms with Crippen molar-refractivity contribution < 1.29 is 23.4 Å². The number of hydrogen-bond acceptors (Lipinski definition) is 4. The molecule has 1 aromatic carbocycles. The fourth-order valence-electron chi connectivity index (χ4n) is 3.72. The van der Waals surface area contributed by atoms with Crippen LogP contribution < -0.4 is 4.74 Å². The number of ether oxygens (including phenoxy) is 3. The Hall–Kier alpha value is -1.92. The van der Waals surface area contributed by atoms with Gasteiger partial charge < -0.3 is 19.1 Å². The van der Waals surface area contributed by atoms with Gasteiger partial charge in [-0.05, 0) is 18.9 Å². The van der Waals surface area contributed by atoms with Crippen molar-refractivity contribution in [1.82, 2.24) is 4.90 Å². The lowest BCUT2D eigenvalue weighted by molar-refractivity contribution is -0.150. The molecule has 1 heterocycles.